The van der Waals surface area contributed by atoms with Gasteiger partial charge in [-0.05, 0) is 19.1 Å². The molecule has 11 heavy (non-hydrogen) atoms. The predicted octanol–water partition coefficient (Wildman–Crippen LogP) is 2.36. The summed E-state index contributed by atoms with van der Waals surface area (Å²) in [6, 6.07) is 3.19. The van der Waals surface area contributed by atoms with Crippen LogP contribution in [0.5, 0.6) is 11.5 Å². The molecule has 0 aromatic heterocycles. The molecule has 0 amide bonds. The Balaban J connectivity index is 3.25. The van der Waals surface area contributed by atoms with Gasteiger partial charge in [0.15, 0.2) is 0 Å². The van der Waals surface area contributed by atoms with Gasteiger partial charge in [0.25, 0.3) is 0 Å². The maximum atomic E-state index is 9.18. The molecule has 0 aliphatic rings. The fourth-order valence-corrected chi connectivity index (χ4v) is 1.04. The first-order valence-corrected chi connectivity index (χ1v) is 3.56. The van der Waals surface area contributed by atoms with Gasteiger partial charge >= 0.3 is 0 Å². The summed E-state index contributed by atoms with van der Waals surface area (Å²) < 4.78 is 4.94. The third-order valence-corrected chi connectivity index (χ3v) is 2.01. The summed E-state index contributed by atoms with van der Waals surface area (Å²) in [6.07, 6.45) is 0. The lowest BCUT2D eigenvalue weighted by molar-refractivity contribution is 0.411. The van der Waals surface area contributed by atoms with Gasteiger partial charge in [0.2, 0.25) is 0 Å². The second kappa shape index (κ2) is 3.01. The predicted molar refractivity (Wildman–Crippen MR) is 44.4 cm³/mol. The lowest BCUT2D eigenvalue weighted by Crippen LogP contribution is -1.86. The molecular weight excluding hydrogens is 164 g/mol. The van der Waals surface area contributed by atoms with E-state index in [1.165, 1.54) is 7.11 Å². The molecule has 60 valence electrons. The monoisotopic (exact) mass is 172 g/mol. The van der Waals surface area contributed by atoms with Crippen molar-refractivity contribution in [3.63, 3.8) is 0 Å². The smallest absolute Gasteiger partial charge is 0.137 e. The number of aromatic hydroxyl groups is 1. The maximum absolute atomic E-state index is 9.18. The molecule has 0 radical (unpaired) electrons. The van der Waals surface area contributed by atoms with Crippen LogP contribution in [-0.4, -0.2) is 12.2 Å². The van der Waals surface area contributed by atoms with Gasteiger partial charge in [0.05, 0.1) is 12.1 Å². The Morgan fingerprint density at radius 3 is 2.64 bits per heavy atom. The number of phenols is 1. The van der Waals surface area contributed by atoms with E-state index in [-0.39, 0.29) is 5.75 Å². The third kappa shape index (κ3) is 1.40. The van der Waals surface area contributed by atoms with Crippen LogP contribution in [-0.2, 0) is 0 Å². The first-order chi connectivity index (χ1) is 5.16. The summed E-state index contributed by atoms with van der Waals surface area (Å²) in [4.78, 5) is 0. The van der Waals surface area contributed by atoms with E-state index in [4.69, 9.17) is 16.3 Å². The van der Waals surface area contributed by atoms with E-state index in [1.54, 1.807) is 19.1 Å². The Morgan fingerprint density at radius 1 is 1.45 bits per heavy atom. The molecule has 0 saturated carbocycles. The Bertz CT molecular complexity index is 271. The molecular formula is C8H9ClO2. The first kappa shape index (κ1) is 8.21. The Morgan fingerprint density at radius 2 is 2.09 bits per heavy atom. The van der Waals surface area contributed by atoms with Gasteiger partial charge in [0, 0.05) is 5.56 Å². The van der Waals surface area contributed by atoms with E-state index in [9.17, 15) is 5.11 Å². The zero-order valence-corrected chi connectivity index (χ0v) is 7.14. The normalized spacial score (nSPS) is 9.73. The summed E-state index contributed by atoms with van der Waals surface area (Å²) in [5.41, 5.74) is 0.644. The summed E-state index contributed by atoms with van der Waals surface area (Å²) in [6.45, 7) is 1.74. The molecule has 0 bridgehead atoms. The summed E-state index contributed by atoms with van der Waals surface area (Å²) >= 11 is 5.81. The number of rotatable bonds is 1. The van der Waals surface area contributed by atoms with Crippen molar-refractivity contribution in [2.24, 2.45) is 0 Å². The number of ether oxygens (including phenoxy) is 1. The van der Waals surface area contributed by atoms with Gasteiger partial charge in [-0.2, -0.15) is 0 Å². The Labute approximate surface area is 70.4 Å². The molecule has 1 N–H and O–H groups in total. The highest BCUT2D eigenvalue weighted by Crippen LogP contribution is 2.32. The van der Waals surface area contributed by atoms with Crippen LogP contribution in [0.3, 0.4) is 0 Å². The van der Waals surface area contributed by atoms with Crippen LogP contribution in [0.15, 0.2) is 12.1 Å². The average Bonchev–Trinajstić information content (AvgIpc) is 2.01. The fraction of sp³-hybridized carbons (Fsp3) is 0.250. The molecule has 3 heteroatoms. The number of phenolic OH excluding ortho intramolecular Hbond substituents is 1. The molecule has 0 aliphatic heterocycles. The van der Waals surface area contributed by atoms with Crippen molar-refractivity contribution in [3.05, 3.63) is 22.7 Å². The van der Waals surface area contributed by atoms with Crippen molar-refractivity contribution in [1.82, 2.24) is 0 Å². The van der Waals surface area contributed by atoms with Crippen molar-refractivity contribution < 1.29 is 9.84 Å². The molecule has 0 atom stereocenters. The minimum absolute atomic E-state index is 0.191. The van der Waals surface area contributed by atoms with Crippen LogP contribution < -0.4 is 4.74 Å². The van der Waals surface area contributed by atoms with E-state index >= 15 is 0 Å². The molecule has 1 aromatic carbocycles. The van der Waals surface area contributed by atoms with E-state index < -0.39 is 0 Å². The van der Waals surface area contributed by atoms with Crippen molar-refractivity contribution >= 4 is 11.6 Å². The van der Waals surface area contributed by atoms with Crippen LogP contribution >= 0.6 is 11.6 Å². The topological polar surface area (TPSA) is 29.5 Å². The highest BCUT2D eigenvalue weighted by atomic mass is 35.5. The lowest BCUT2D eigenvalue weighted by atomic mass is 10.2. The summed E-state index contributed by atoms with van der Waals surface area (Å²) in [5.74, 6) is 0.776. The SMILES string of the molecule is COc1ccc(O)c(C)c1Cl. The molecule has 2 nitrogen and oxygen atoms in total. The van der Waals surface area contributed by atoms with Gasteiger partial charge in [-0.1, -0.05) is 11.6 Å². The quantitative estimate of drug-likeness (QED) is 0.705. The molecule has 0 fully saturated rings. The Hall–Kier alpha value is -0.890. The molecule has 1 aromatic rings. The second-order valence-corrected chi connectivity index (χ2v) is 2.60. The Kier molecular flexibility index (Phi) is 2.25. The maximum Gasteiger partial charge on any atom is 0.137 e. The molecule has 1 rings (SSSR count). The van der Waals surface area contributed by atoms with E-state index in [0.29, 0.717) is 16.3 Å². The second-order valence-electron chi connectivity index (χ2n) is 2.23. The lowest BCUT2D eigenvalue weighted by Gasteiger charge is -2.05. The average molecular weight is 173 g/mol. The third-order valence-electron chi connectivity index (χ3n) is 1.54. The van der Waals surface area contributed by atoms with Gasteiger partial charge in [-0.25, -0.2) is 0 Å². The highest BCUT2D eigenvalue weighted by molar-refractivity contribution is 6.33. The molecule has 0 unspecified atom stereocenters. The molecule has 0 saturated heterocycles. The van der Waals surface area contributed by atoms with E-state index in [2.05, 4.69) is 0 Å². The number of hydrogen-bond acceptors (Lipinski definition) is 2. The highest BCUT2D eigenvalue weighted by Gasteiger charge is 2.06. The van der Waals surface area contributed by atoms with Crippen molar-refractivity contribution in [2.45, 2.75) is 6.92 Å². The van der Waals surface area contributed by atoms with Gasteiger partial charge in [0.1, 0.15) is 11.5 Å². The van der Waals surface area contributed by atoms with Crippen LogP contribution in [0.4, 0.5) is 0 Å². The number of hydrogen-bond donors (Lipinski definition) is 1. The van der Waals surface area contributed by atoms with Crippen molar-refractivity contribution in [2.75, 3.05) is 7.11 Å². The zero-order valence-electron chi connectivity index (χ0n) is 6.39. The summed E-state index contributed by atoms with van der Waals surface area (Å²) in [5, 5.41) is 9.65. The van der Waals surface area contributed by atoms with Gasteiger partial charge < -0.3 is 9.84 Å². The largest absolute Gasteiger partial charge is 0.508 e. The van der Waals surface area contributed by atoms with Crippen LogP contribution in [0.1, 0.15) is 5.56 Å². The van der Waals surface area contributed by atoms with Crippen LogP contribution in [0, 0.1) is 6.92 Å². The first-order valence-electron chi connectivity index (χ1n) is 3.19. The number of benzene rings is 1. The summed E-state index contributed by atoms with van der Waals surface area (Å²) in [7, 11) is 1.54. The standard InChI is InChI=1S/C8H9ClO2/c1-5-6(10)3-4-7(11-2)8(5)9/h3-4,10H,1-2H3. The molecule has 0 heterocycles. The number of methoxy groups -OCH3 is 1. The van der Waals surface area contributed by atoms with Crippen LogP contribution in [0.2, 0.25) is 5.02 Å². The minimum Gasteiger partial charge on any atom is -0.508 e. The number of halogens is 1. The van der Waals surface area contributed by atoms with E-state index in [1.807, 2.05) is 0 Å². The van der Waals surface area contributed by atoms with Gasteiger partial charge in [-0.3, -0.25) is 0 Å². The van der Waals surface area contributed by atoms with Crippen LogP contribution in [0.25, 0.3) is 0 Å². The molecule has 0 aliphatic carbocycles. The molecule has 0 spiro atoms. The van der Waals surface area contributed by atoms with Crippen molar-refractivity contribution in [1.29, 1.82) is 0 Å². The van der Waals surface area contributed by atoms with Gasteiger partial charge in [-0.15, -0.1) is 0 Å². The van der Waals surface area contributed by atoms with Crippen molar-refractivity contribution in [3.8, 4) is 11.5 Å². The fourth-order valence-electron chi connectivity index (χ4n) is 0.808. The minimum atomic E-state index is 0.191. The zero-order chi connectivity index (χ0) is 8.43. The van der Waals surface area contributed by atoms with E-state index in [0.717, 1.165) is 0 Å².